The van der Waals surface area contributed by atoms with Crippen LogP contribution in [0.1, 0.15) is 40.7 Å². The van der Waals surface area contributed by atoms with E-state index in [4.69, 9.17) is 4.74 Å². The summed E-state index contributed by atoms with van der Waals surface area (Å²) in [5.74, 6) is -1.51. The van der Waals surface area contributed by atoms with Crippen LogP contribution in [-0.4, -0.2) is 42.8 Å². The van der Waals surface area contributed by atoms with Crippen molar-refractivity contribution in [2.45, 2.75) is 25.3 Å². The van der Waals surface area contributed by atoms with Crippen LogP contribution in [0.25, 0.3) is 11.1 Å². The van der Waals surface area contributed by atoms with E-state index in [0.29, 0.717) is 12.1 Å². The molecule has 34 heavy (non-hydrogen) atoms. The molecule has 0 saturated carbocycles. The smallest absolute Gasteiger partial charge is 0.407 e. The molecule has 0 saturated heterocycles. The van der Waals surface area contributed by atoms with Gasteiger partial charge in [0.05, 0.1) is 5.56 Å². The van der Waals surface area contributed by atoms with E-state index in [0.717, 1.165) is 22.3 Å². The zero-order chi connectivity index (χ0) is 24.2. The Bertz CT molecular complexity index is 1190. The molecule has 2 amide bonds. The van der Waals surface area contributed by atoms with Crippen molar-refractivity contribution in [1.82, 2.24) is 5.32 Å². The number of carbonyl (C=O) groups is 3. The van der Waals surface area contributed by atoms with Gasteiger partial charge in [-0.2, -0.15) is 0 Å². The Morgan fingerprint density at radius 3 is 2.18 bits per heavy atom. The Morgan fingerprint density at radius 1 is 0.971 bits per heavy atom. The number of nitrogens with one attached hydrogen (secondary N) is 1. The van der Waals surface area contributed by atoms with Gasteiger partial charge in [0.1, 0.15) is 12.6 Å². The maximum Gasteiger partial charge on any atom is 0.407 e. The molecule has 0 spiro atoms. The van der Waals surface area contributed by atoms with Crippen LogP contribution in [0.2, 0.25) is 0 Å². The minimum atomic E-state index is -1.08. The Morgan fingerprint density at radius 2 is 1.59 bits per heavy atom. The number of alkyl carbamates (subject to hydrolysis) is 1. The molecule has 4 rings (SSSR count). The number of aromatic carboxylic acids is 1. The first-order chi connectivity index (χ1) is 16.4. The number of likely N-dealkylation sites (N-methyl/N-ethyl adjacent to an activating group) is 1. The second kappa shape index (κ2) is 9.79. The third-order valence-electron chi connectivity index (χ3n) is 6.15. The largest absolute Gasteiger partial charge is 0.478 e. The van der Waals surface area contributed by atoms with Crippen LogP contribution in [-0.2, 0) is 9.53 Å². The van der Waals surface area contributed by atoms with E-state index < -0.39 is 18.1 Å². The maximum atomic E-state index is 13.0. The molecule has 0 radical (unpaired) electrons. The monoisotopic (exact) mass is 458 g/mol. The summed E-state index contributed by atoms with van der Waals surface area (Å²) in [6.07, 6.45) is -0.318. The molecule has 174 valence electrons. The minimum Gasteiger partial charge on any atom is -0.478 e. The van der Waals surface area contributed by atoms with Gasteiger partial charge in [0.15, 0.2) is 0 Å². The Hall–Kier alpha value is -4.13. The van der Waals surface area contributed by atoms with Crippen LogP contribution in [0.4, 0.5) is 10.5 Å². The first kappa shape index (κ1) is 23.0. The van der Waals surface area contributed by atoms with E-state index in [-0.39, 0.29) is 24.0 Å². The number of anilines is 1. The Kier molecular flexibility index (Phi) is 6.63. The van der Waals surface area contributed by atoms with Gasteiger partial charge in [-0.1, -0.05) is 61.5 Å². The molecule has 7 heteroatoms. The highest BCUT2D eigenvalue weighted by Gasteiger charge is 2.30. The first-order valence-corrected chi connectivity index (χ1v) is 11.1. The molecule has 3 aromatic rings. The van der Waals surface area contributed by atoms with Crippen LogP contribution in [0.3, 0.4) is 0 Å². The van der Waals surface area contributed by atoms with E-state index in [1.807, 2.05) is 36.4 Å². The van der Waals surface area contributed by atoms with Crippen LogP contribution in [0.15, 0.2) is 72.8 Å². The average Bonchev–Trinajstić information content (AvgIpc) is 3.19. The number of hydrogen-bond donors (Lipinski definition) is 2. The molecule has 3 aromatic carbocycles. The highest BCUT2D eigenvalue weighted by atomic mass is 16.5. The summed E-state index contributed by atoms with van der Waals surface area (Å²) in [6, 6.07) is 21.4. The number of ether oxygens (including phenoxy) is 1. The molecule has 0 aromatic heterocycles. The van der Waals surface area contributed by atoms with Crippen LogP contribution < -0.4 is 10.2 Å². The lowest BCUT2D eigenvalue weighted by atomic mass is 9.98. The quantitative estimate of drug-likeness (QED) is 0.537. The molecule has 0 heterocycles. The highest BCUT2D eigenvalue weighted by Crippen LogP contribution is 2.44. The lowest BCUT2D eigenvalue weighted by Crippen LogP contribution is -2.47. The van der Waals surface area contributed by atoms with E-state index in [9.17, 15) is 19.5 Å². The van der Waals surface area contributed by atoms with E-state index in [1.54, 1.807) is 26.1 Å². The standard InChI is InChI=1S/C27H26N2O5/c1-3-24(25(30)29(2)18-10-8-9-17(15-18)26(31)32)28-27(33)34-16-23-21-13-6-4-11-19(21)20-12-5-7-14-22(20)23/h4-15,23-24H,3,16H2,1-2H3,(H,28,33)(H,31,32). The number of benzene rings is 3. The SMILES string of the molecule is CCC(NC(=O)OCC1c2ccccc2-c2ccccc21)C(=O)N(C)c1cccc(C(=O)O)c1. The van der Waals surface area contributed by atoms with E-state index >= 15 is 0 Å². The Labute approximate surface area is 198 Å². The number of hydrogen-bond acceptors (Lipinski definition) is 4. The van der Waals surface area contributed by atoms with Crippen LogP contribution in [0.5, 0.6) is 0 Å². The number of carboxylic acid groups (broad SMARTS) is 1. The van der Waals surface area contributed by atoms with Gasteiger partial charge in [-0.05, 0) is 46.9 Å². The number of fused-ring (bicyclic) bond motifs is 3. The third-order valence-corrected chi connectivity index (χ3v) is 6.15. The third kappa shape index (κ3) is 4.50. The molecule has 7 nitrogen and oxygen atoms in total. The summed E-state index contributed by atoms with van der Waals surface area (Å²) in [5, 5.41) is 11.9. The van der Waals surface area contributed by atoms with Gasteiger partial charge in [-0.15, -0.1) is 0 Å². The van der Waals surface area contributed by atoms with E-state index in [1.165, 1.54) is 17.0 Å². The molecule has 2 N–H and O–H groups in total. The summed E-state index contributed by atoms with van der Waals surface area (Å²) in [4.78, 5) is 38.2. The summed E-state index contributed by atoms with van der Waals surface area (Å²) < 4.78 is 5.56. The van der Waals surface area contributed by atoms with Crippen molar-refractivity contribution in [1.29, 1.82) is 0 Å². The molecule has 1 unspecified atom stereocenters. The van der Waals surface area contributed by atoms with Crippen molar-refractivity contribution in [3.05, 3.63) is 89.5 Å². The van der Waals surface area contributed by atoms with Gasteiger partial charge in [0.25, 0.3) is 0 Å². The molecular weight excluding hydrogens is 432 g/mol. The molecule has 1 aliphatic rings. The molecule has 0 fully saturated rings. The molecule has 0 bridgehead atoms. The Balaban J connectivity index is 1.42. The van der Waals surface area contributed by atoms with Crippen molar-refractivity contribution in [2.24, 2.45) is 0 Å². The van der Waals surface area contributed by atoms with Gasteiger partial charge in [0.2, 0.25) is 5.91 Å². The predicted octanol–water partition coefficient (Wildman–Crippen LogP) is 4.66. The summed E-state index contributed by atoms with van der Waals surface area (Å²) in [5.41, 5.74) is 5.00. The summed E-state index contributed by atoms with van der Waals surface area (Å²) in [6.45, 7) is 1.94. The topological polar surface area (TPSA) is 95.9 Å². The zero-order valence-electron chi connectivity index (χ0n) is 19.0. The summed E-state index contributed by atoms with van der Waals surface area (Å²) >= 11 is 0. The fourth-order valence-electron chi connectivity index (χ4n) is 4.33. The molecule has 1 atom stereocenters. The fourth-order valence-corrected chi connectivity index (χ4v) is 4.33. The van der Waals surface area contributed by atoms with Crippen molar-refractivity contribution < 1.29 is 24.2 Å². The predicted molar refractivity (Wildman–Crippen MR) is 129 cm³/mol. The number of nitrogens with zero attached hydrogens (tertiary/aromatic N) is 1. The van der Waals surface area contributed by atoms with Gasteiger partial charge in [-0.3, -0.25) is 4.79 Å². The van der Waals surface area contributed by atoms with Gasteiger partial charge >= 0.3 is 12.1 Å². The van der Waals surface area contributed by atoms with Crippen LogP contribution in [0, 0.1) is 0 Å². The van der Waals surface area contributed by atoms with Crippen molar-refractivity contribution in [3.63, 3.8) is 0 Å². The van der Waals surface area contributed by atoms with Gasteiger partial charge in [-0.25, -0.2) is 9.59 Å². The first-order valence-electron chi connectivity index (χ1n) is 11.1. The fraction of sp³-hybridized carbons (Fsp3) is 0.222. The molecular formula is C27H26N2O5. The lowest BCUT2D eigenvalue weighted by Gasteiger charge is -2.24. The molecule has 0 aliphatic heterocycles. The zero-order valence-corrected chi connectivity index (χ0v) is 19.0. The normalized spacial score (nSPS) is 12.9. The van der Waals surface area contributed by atoms with Crippen molar-refractivity contribution in [3.8, 4) is 11.1 Å². The average molecular weight is 459 g/mol. The van der Waals surface area contributed by atoms with Crippen molar-refractivity contribution in [2.75, 3.05) is 18.6 Å². The lowest BCUT2D eigenvalue weighted by molar-refractivity contribution is -0.120. The van der Waals surface area contributed by atoms with Crippen LogP contribution >= 0.6 is 0 Å². The number of rotatable bonds is 7. The highest BCUT2D eigenvalue weighted by molar-refractivity contribution is 5.99. The van der Waals surface area contributed by atoms with Crippen molar-refractivity contribution >= 4 is 23.7 Å². The van der Waals surface area contributed by atoms with Gasteiger partial charge in [0, 0.05) is 18.7 Å². The minimum absolute atomic E-state index is 0.0737. The summed E-state index contributed by atoms with van der Waals surface area (Å²) in [7, 11) is 1.55. The number of amides is 2. The number of carbonyl (C=O) groups excluding carboxylic acids is 2. The molecule has 1 aliphatic carbocycles. The second-order valence-corrected chi connectivity index (χ2v) is 8.18. The number of carboxylic acids is 1. The second-order valence-electron chi connectivity index (χ2n) is 8.18. The van der Waals surface area contributed by atoms with E-state index in [2.05, 4.69) is 17.4 Å². The maximum absolute atomic E-state index is 13.0. The van der Waals surface area contributed by atoms with Gasteiger partial charge < -0.3 is 20.1 Å².